The third kappa shape index (κ3) is 3.87. The molecule has 0 saturated carbocycles. The van der Waals surface area contributed by atoms with Crippen LogP contribution < -0.4 is 5.73 Å². The molecule has 108 valence electrons. The van der Waals surface area contributed by atoms with E-state index in [4.69, 9.17) is 5.73 Å². The molecule has 0 radical (unpaired) electrons. The number of hydrogen-bond acceptors (Lipinski definition) is 3. The SMILES string of the molecule is NC(=O)C1CCN(CC(=O)Cc2ccccc2F)CC1. The largest absolute Gasteiger partial charge is 0.369 e. The smallest absolute Gasteiger partial charge is 0.220 e. The lowest BCUT2D eigenvalue weighted by Gasteiger charge is -2.29. The Bertz CT molecular complexity index is 496. The fourth-order valence-corrected chi connectivity index (χ4v) is 2.54. The zero-order valence-corrected chi connectivity index (χ0v) is 11.3. The molecular formula is C15H19FN2O2. The van der Waals surface area contributed by atoms with Crippen LogP contribution in [0, 0.1) is 11.7 Å². The van der Waals surface area contributed by atoms with Crippen LogP contribution in [-0.4, -0.2) is 36.2 Å². The highest BCUT2D eigenvalue weighted by Gasteiger charge is 2.24. The molecule has 0 atom stereocenters. The normalized spacial score (nSPS) is 17.1. The average Bonchev–Trinajstić information content (AvgIpc) is 2.42. The number of Topliss-reactive ketones (excluding diaryl/α,β-unsaturated/α-hetero) is 1. The molecule has 20 heavy (non-hydrogen) atoms. The number of amides is 1. The maximum Gasteiger partial charge on any atom is 0.220 e. The number of nitrogens with two attached hydrogens (primary N) is 1. The summed E-state index contributed by atoms with van der Waals surface area (Å²) in [6, 6.07) is 6.33. The van der Waals surface area contributed by atoms with E-state index in [2.05, 4.69) is 0 Å². The van der Waals surface area contributed by atoms with Gasteiger partial charge in [-0.3, -0.25) is 14.5 Å². The fourth-order valence-electron chi connectivity index (χ4n) is 2.54. The lowest BCUT2D eigenvalue weighted by molar-refractivity contribution is -0.123. The summed E-state index contributed by atoms with van der Waals surface area (Å²) in [5.74, 6) is -0.684. The number of likely N-dealkylation sites (tertiary alicyclic amines) is 1. The Labute approximate surface area is 117 Å². The van der Waals surface area contributed by atoms with Crippen LogP contribution in [0.4, 0.5) is 4.39 Å². The second-order valence-corrected chi connectivity index (χ2v) is 5.26. The third-order valence-electron chi connectivity index (χ3n) is 3.74. The fraction of sp³-hybridized carbons (Fsp3) is 0.467. The monoisotopic (exact) mass is 278 g/mol. The molecule has 1 aromatic rings. The molecule has 0 aromatic heterocycles. The first kappa shape index (κ1) is 14.7. The van der Waals surface area contributed by atoms with Gasteiger partial charge in [-0.25, -0.2) is 4.39 Å². The van der Waals surface area contributed by atoms with Crippen LogP contribution in [0.2, 0.25) is 0 Å². The predicted molar refractivity (Wildman–Crippen MR) is 73.5 cm³/mol. The van der Waals surface area contributed by atoms with E-state index < -0.39 is 0 Å². The van der Waals surface area contributed by atoms with Crippen LogP contribution in [0.5, 0.6) is 0 Å². The van der Waals surface area contributed by atoms with Gasteiger partial charge in [0.2, 0.25) is 5.91 Å². The Morgan fingerprint density at radius 2 is 1.90 bits per heavy atom. The number of carbonyl (C=O) groups is 2. The Morgan fingerprint density at radius 3 is 2.50 bits per heavy atom. The number of primary amides is 1. The van der Waals surface area contributed by atoms with Crippen LogP contribution in [-0.2, 0) is 16.0 Å². The van der Waals surface area contributed by atoms with Crippen LogP contribution in [0.1, 0.15) is 18.4 Å². The maximum atomic E-state index is 13.5. The quantitative estimate of drug-likeness (QED) is 0.878. The lowest BCUT2D eigenvalue weighted by atomic mass is 9.96. The second kappa shape index (κ2) is 6.61. The number of nitrogens with zero attached hydrogens (tertiary/aromatic N) is 1. The molecule has 0 aliphatic carbocycles. The van der Waals surface area contributed by atoms with Crippen molar-refractivity contribution in [1.82, 2.24) is 4.90 Å². The summed E-state index contributed by atoms with van der Waals surface area (Å²) in [7, 11) is 0. The molecule has 1 aliphatic heterocycles. The van der Waals surface area contributed by atoms with Crippen molar-refractivity contribution in [2.75, 3.05) is 19.6 Å². The van der Waals surface area contributed by atoms with Gasteiger partial charge in [-0.05, 0) is 37.6 Å². The van der Waals surface area contributed by atoms with Crippen LogP contribution in [0.25, 0.3) is 0 Å². The summed E-state index contributed by atoms with van der Waals surface area (Å²) in [4.78, 5) is 25.0. The maximum absolute atomic E-state index is 13.5. The molecule has 4 nitrogen and oxygen atoms in total. The van der Waals surface area contributed by atoms with Gasteiger partial charge in [-0.1, -0.05) is 18.2 Å². The number of halogens is 1. The molecule has 1 fully saturated rings. The van der Waals surface area contributed by atoms with Crippen molar-refractivity contribution in [1.29, 1.82) is 0 Å². The summed E-state index contributed by atoms with van der Waals surface area (Å²) in [5, 5.41) is 0. The Kier molecular flexibility index (Phi) is 4.84. The summed E-state index contributed by atoms with van der Waals surface area (Å²) >= 11 is 0. The summed E-state index contributed by atoms with van der Waals surface area (Å²) in [5.41, 5.74) is 5.70. The average molecular weight is 278 g/mol. The van der Waals surface area contributed by atoms with Gasteiger partial charge in [-0.15, -0.1) is 0 Å². The van der Waals surface area contributed by atoms with E-state index in [-0.39, 0.29) is 29.8 Å². The van der Waals surface area contributed by atoms with Gasteiger partial charge in [0.05, 0.1) is 6.54 Å². The van der Waals surface area contributed by atoms with Gasteiger partial charge in [0, 0.05) is 12.3 Å². The molecule has 0 unspecified atom stereocenters. The molecule has 2 N–H and O–H groups in total. The van der Waals surface area contributed by atoms with Crippen molar-refractivity contribution < 1.29 is 14.0 Å². The zero-order valence-electron chi connectivity index (χ0n) is 11.3. The molecule has 5 heteroatoms. The zero-order chi connectivity index (χ0) is 14.5. The van der Waals surface area contributed by atoms with E-state index in [9.17, 15) is 14.0 Å². The molecule has 1 saturated heterocycles. The third-order valence-corrected chi connectivity index (χ3v) is 3.74. The first-order valence-corrected chi connectivity index (χ1v) is 6.83. The Balaban J connectivity index is 1.81. The van der Waals surface area contributed by atoms with E-state index in [1.807, 2.05) is 4.90 Å². The number of carbonyl (C=O) groups excluding carboxylic acids is 2. The first-order chi connectivity index (χ1) is 9.56. The van der Waals surface area contributed by atoms with Gasteiger partial charge in [0.25, 0.3) is 0 Å². The first-order valence-electron chi connectivity index (χ1n) is 6.83. The van der Waals surface area contributed by atoms with Crippen molar-refractivity contribution >= 4 is 11.7 Å². The van der Waals surface area contributed by atoms with Crippen LogP contribution >= 0.6 is 0 Å². The molecule has 1 amide bonds. The highest BCUT2D eigenvalue weighted by atomic mass is 19.1. The highest BCUT2D eigenvalue weighted by Crippen LogP contribution is 2.16. The van der Waals surface area contributed by atoms with Gasteiger partial charge in [0.15, 0.2) is 5.78 Å². The number of hydrogen-bond donors (Lipinski definition) is 1. The van der Waals surface area contributed by atoms with Gasteiger partial charge in [-0.2, -0.15) is 0 Å². The Morgan fingerprint density at radius 1 is 1.25 bits per heavy atom. The summed E-state index contributed by atoms with van der Waals surface area (Å²) < 4.78 is 13.5. The van der Waals surface area contributed by atoms with E-state index in [1.165, 1.54) is 6.07 Å². The molecule has 1 heterocycles. The van der Waals surface area contributed by atoms with Crippen molar-refractivity contribution in [3.05, 3.63) is 35.6 Å². The highest BCUT2D eigenvalue weighted by molar-refractivity contribution is 5.83. The van der Waals surface area contributed by atoms with Gasteiger partial charge < -0.3 is 5.73 Å². The van der Waals surface area contributed by atoms with Crippen molar-refractivity contribution in [3.8, 4) is 0 Å². The van der Waals surface area contributed by atoms with Gasteiger partial charge in [0.1, 0.15) is 5.82 Å². The van der Waals surface area contributed by atoms with Crippen molar-refractivity contribution in [3.63, 3.8) is 0 Å². The van der Waals surface area contributed by atoms with Crippen LogP contribution in [0.3, 0.4) is 0 Å². The molecule has 2 rings (SSSR count). The molecule has 1 aliphatic rings. The standard InChI is InChI=1S/C15H19FN2O2/c16-14-4-2-1-3-12(14)9-13(19)10-18-7-5-11(6-8-18)15(17)20/h1-4,11H,5-10H2,(H2,17,20). The molecular weight excluding hydrogens is 259 g/mol. The molecule has 0 spiro atoms. The van der Waals surface area contributed by atoms with E-state index in [0.717, 1.165) is 0 Å². The summed E-state index contributed by atoms with van der Waals surface area (Å²) in [6.45, 7) is 1.69. The molecule has 0 bridgehead atoms. The number of ketones is 1. The summed E-state index contributed by atoms with van der Waals surface area (Å²) in [6.07, 6.45) is 1.51. The molecule has 1 aromatic carbocycles. The second-order valence-electron chi connectivity index (χ2n) is 5.26. The van der Waals surface area contributed by atoms with Crippen molar-refractivity contribution in [2.45, 2.75) is 19.3 Å². The minimum Gasteiger partial charge on any atom is -0.369 e. The minimum absolute atomic E-state index is 0.00683. The van der Waals surface area contributed by atoms with Crippen molar-refractivity contribution in [2.24, 2.45) is 11.7 Å². The minimum atomic E-state index is -0.340. The Hall–Kier alpha value is -1.75. The van der Waals surface area contributed by atoms with E-state index in [1.54, 1.807) is 18.2 Å². The number of benzene rings is 1. The lowest BCUT2D eigenvalue weighted by Crippen LogP contribution is -2.41. The number of piperidine rings is 1. The topological polar surface area (TPSA) is 63.4 Å². The number of rotatable bonds is 5. The van der Waals surface area contributed by atoms with Gasteiger partial charge >= 0.3 is 0 Å². The van der Waals surface area contributed by atoms with E-state index >= 15 is 0 Å². The van der Waals surface area contributed by atoms with E-state index in [0.29, 0.717) is 38.0 Å². The predicted octanol–water partition coefficient (Wildman–Crippen LogP) is 1.13. The van der Waals surface area contributed by atoms with Crippen LogP contribution in [0.15, 0.2) is 24.3 Å².